The van der Waals surface area contributed by atoms with Crippen molar-refractivity contribution >= 4 is 23.3 Å². The maximum absolute atomic E-state index is 10.9. The van der Waals surface area contributed by atoms with Gasteiger partial charge in [0.2, 0.25) is 5.91 Å². The average molecular weight is 357 g/mol. The van der Waals surface area contributed by atoms with Crippen molar-refractivity contribution in [2.24, 2.45) is 5.92 Å². The lowest BCUT2D eigenvalue weighted by Gasteiger charge is -2.10. The molecule has 146 valence electrons. The molecule has 1 saturated heterocycles. The van der Waals surface area contributed by atoms with E-state index in [-0.39, 0.29) is 35.2 Å². The minimum absolute atomic E-state index is 0.0208. The van der Waals surface area contributed by atoms with Crippen molar-refractivity contribution in [3.8, 4) is 0 Å². The third-order valence-electron chi connectivity index (χ3n) is 3.76. The molecule has 1 fully saturated rings. The van der Waals surface area contributed by atoms with E-state index in [9.17, 15) is 19.2 Å². The molecule has 0 unspecified atom stereocenters. The first-order chi connectivity index (χ1) is 11.7. The van der Waals surface area contributed by atoms with Crippen LogP contribution in [0.3, 0.4) is 0 Å². The molecular formula is C18H35N3O4. The Morgan fingerprint density at radius 2 is 1.60 bits per heavy atom. The van der Waals surface area contributed by atoms with Crippen LogP contribution in [0.1, 0.15) is 53.4 Å². The van der Waals surface area contributed by atoms with Crippen LogP contribution in [-0.2, 0) is 19.2 Å². The summed E-state index contributed by atoms with van der Waals surface area (Å²) in [6, 6.07) is 0.0208. The molecule has 1 rings (SSSR count). The van der Waals surface area contributed by atoms with E-state index in [1.807, 2.05) is 21.0 Å². The highest BCUT2D eigenvalue weighted by molar-refractivity contribution is 5.91. The first-order valence-corrected chi connectivity index (χ1v) is 8.78. The van der Waals surface area contributed by atoms with E-state index < -0.39 is 0 Å². The Kier molecular flexibility index (Phi) is 16.3. The number of hydrogen-bond donors (Lipinski definition) is 3. The Bertz CT molecular complexity index is 419. The quantitative estimate of drug-likeness (QED) is 0.500. The van der Waals surface area contributed by atoms with Crippen LogP contribution in [0.25, 0.3) is 0 Å². The number of carbonyl (C=O) groups excluding carboxylic acids is 4. The second kappa shape index (κ2) is 15.9. The van der Waals surface area contributed by atoms with Gasteiger partial charge >= 0.3 is 0 Å². The number of carbonyl (C=O) groups is 4. The molecule has 1 heterocycles. The van der Waals surface area contributed by atoms with Gasteiger partial charge in [0.25, 0.3) is 0 Å². The van der Waals surface area contributed by atoms with Gasteiger partial charge in [-0.15, -0.1) is 0 Å². The minimum atomic E-state index is 0.0208. The summed E-state index contributed by atoms with van der Waals surface area (Å²) in [7, 11) is 3.69. The van der Waals surface area contributed by atoms with Crippen LogP contribution in [0.2, 0.25) is 0 Å². The van der Waals surface area contributed by atoms with Gasteiger partial charge in [0, 0.05) is 12.3 Å². The number of Topliss-reactive ketones (excluding diaryl/α,β-unsaturated/α-hetero) is 3. The highest BCUT2D eigenvalue weighted by Crippen LogP contribution is 2.11. The van der Waals surface area contributed by atoms with E-state index in [1.54, 1.807) is 20.8 Å². The van der Waals surface area contributed by atoms with Gasteiger partial charge in [-0.1, -0.05) is 6.92 Å². The van der Waals surface area contributed by atoms with Crippen molar-refractivity contribution in [1.82, 2.24) is 16.0 Å². The van der Waals surface area contributed by atoms with E-state index >= 15 is 0 Å². The molecule has 0 spiro atoms. The average Bonchev–Trinajstić information content (AvgIpc) is 3.31. The lowest BCUT2D eigenvalue weighted by molar-refractivity contribution is -0.122. The number of amides is 1. The molecule has 3 N–H and O–H groups in total. The smallest absolute Gasteiger partial charge is 0.239 e. The van der Waals surface area contributed by atoms with Crippen LogP contribution in [0.5, 0.6) is 0 Å². The van der Waals surface area contributed by atoms with Crippen molar-refractivity contribution in [1.29, 1.82) is 0 Å². The minimum Gasteiger partial charge on any atom is -0.346 e. The number of nitrogens with one attached hydrogen (secondary N) is 3. The van der Waals surface area contributed by atoms with Crippen LogP contribution in [0.4, 0.5) is 0 Å². The Hall–Kier alpha value is -1.60. The maximum atomic E-state index is 10.9. The van der Waals surface area contributed by atoms with Crippen LogP contribution >= 0.6 is 0 Å². The fourth-order valence-electron chi connectivity index (χ4n) is 1.95. The predicted molar refractivity (Wildman–Crippen MR) is 99.5 cm³/mol. The van der Waals surface area contributed by atoms with Gasteiger partial charge in [0.1, 0.15) is 17.3 Å². The van der Waals surface area contributed by atoms with Crippen LogP contribution in [0, 0.1) is 5.92 Å². The first kappa shape index (κ1) is 25.6. The standard InChI is InChI=1S/C9H16O2.C7H16N2O.C2H3NO/c1-4-9(8(3)11)6-5-7(2)10;1-6(10)7(9-3)4-5-8-2;4-2-1-3-2/h9H,4-6H2,1-3H3;7-9H,4-5H2,1-3H3;1H2,(H,3,4)/t9-;7-;/m00./s1. The number of likely N-dealkylation sites (N-methyl/N-ethyl adjacent to an activating group) is 1. The largest absolute Gasteiger partial charge is 0.346 e. The second-order valence-electron chi connectivity index (χ2n) is 6.08. The molecule has 7 heteroatoms. The molecular weight excluding hydrogens is 322 g/mol. The molecule has 0 aromatic carbocycles. The third kappa shape index (κ3) is 18.6. The molecule has 1 amide bonds. The normalized spacial score (nSPS) is 13.9. The van der Waals surface area contributed by atoms with Gasteiger partial charge in [-0.05, 0) is 60.7 Å². The molecule has 0 saturated carbocycles. The Morgan fingerprint density at radius 3 is 1.84 bits per heavy atom. The Labute approximate surface area is 151 Å². The lowest BCUT2D eigenvalue weighted by atomic mass is 9.95. The summed E-state index contributed by atoms with van der Waals surface area (Å²) in [5.74, 6) is 0.843. The SMILES string of the molecule is CC[C@@H](CCC(C)=O)C(C)=O.CNCC[C@H](NC)C(C)=O.O=C1CN1. The predicted octanol–water partition coefficient (Wildman–Crippen LogP) is 0.860. The zero-order valence-corrected chi connectivity index (χ0v) is 16.5. The topological polar surface area (TPSA) is 114 Å². The lowest BCUT2D eigenvalue weighted by Crippen LogP contribution is -2.34. The third-order valence-corrected chi connectivity index (χ3v) is 3.76. The van der Waals surface area contributed by atoms with Gasteiger partial charge < -0.3 is 20.7 Å². The van der Waals surface area contributed by atoms with Crippen molar-refractivity contribution in [2.75, 3.05) is 27.2 Å². The summed E-state index contributed by atoms with van der Waals surface area (Å²) in [5, 5.41) is 8.40. The number of rotatable bonds is 10. The summed E-state index contributed by atoms with van der Waals surface area (Å²) in [5.41, 5.74) is 0. The molecule has 0 radical (unpaired) electrons. The van der Waals surface area contributed by atoms with E-state index in [0.29, 0.717) is 13.0 Å². The van der Waals surface area contributed by atoms with Gasteiger partial charge in [0.15, 0.2) is 0 Å². The van der Waals surface area contributed by atoms with Crippen molar-refractivity contribution in [3.05, 3.63) is 0 Å². The summed E-state index contributed by atoms with van der Waals surface area (Å²) in [6.07, 6.45) is 2.98. The van der Waals surface area contributed by atoms with Crippen LogP contribution in [-0.4, -0.2) is 56.5 Å². The maximum Gasteiger partial charge on any atom is 0.239 e. The summed E-state index contributed by atoms with van der Waals surface area (Å²) in [4.78, 5) is 41.7. The molecule has 0 aliphatic carbocycles. The molecule has 0 aromatic rings. The van der Waals surface area contributed by atoms with Crippen molar-refractivity contribution < 1.29 is 19.2 Å². The van der Waals surface area contributed by atoms with Crippen molar-refractivity contribution in [2.45, 2.75) is 59.4 Å². The van der Waals surface area contributed by atoms with E-state index in [2.05, 4.69) is 16.0 Å². The summed E-state index contributed by atoms with van der Waals surface area (Å²) in [6.45, 7) is 8.22. The van der Waals surface area contributed by atoms with Crippen LogP contribution < -0.4 is 16.0 Å². The highest BCUT2D eigenvalue weighted by atomic mass is 16.2. The van der Waals surface area contributed by atoms with Crippen LogP contribution in [0.15, 0.2) is 0 Å². The van der Waals surface area contributed by atoms with Gasteiger partial charge in [-0.2, -0.15) is 0 Å². The van der Waals surface area contributed by atoms with E-state index in [4.69, 9.17) is 0 Å². The first-order valence-electron chi connectivity index (χ1n) is 8.78. The number of ketones is 3. The number of hydrogen-bond acceptors (Lipinski definition) is 6. The van der Waals surface area contributed by atoms with Gasteiger partial charge in [-0.25, -0.2) is 0 Å². The fourth-order valence-corrected chi connectivity index (χ4v) is 1.95. The van der Waals surface area contributed by atoms with Crippen molar-refractivity contribution in [3.63, 3.8) is 0 Å². The zero-order valence-electron chi connectivity index (χ0n) is 16.5. The molecule has 1 aliphatic heterocycles. The van der Waals surface area contributed by atoms with E-state index in [1.165, 1.54) is 0 Å². The molecule has 0 bridgehead atoms. The summed E-state index contributed by atoms with van der Waals surface area (Å²) >= 11 is 0. The zero-order chi connectivity index (χ0) is 19.8. The molecule has 1 aliphatic rings. The van der Waals surface area contributed by atoms with E-state index in [0.717, 1.165) is 25.8 Å². The van der Waals surface area contributed by atoms with Gasteiger partial charge in [0.05, 0.1) is 12.6 Å². The van der Waals surface area contributed by atoms with Gasteiger partial charge in [-0.3, -0.25) is 14.4 Å². The molecule has 7 nitrogen and oxygen atoms in total. The molecule has 2 atom stereocenters. The second-order valence-corrected chi connectivity index (χ2v) is 6.08. The fraction of sp³-hybridized carbons (Fsp3) is 0.778. The molecule has 0 aromatic heterocycles. The Morgan fingerprint density at radius 1 is 1.08 bits per heavy atom. The monoisotopic (exact) mass is 357 g/mol. The summed E-state index contributed by atoms with van der Waals surface area (Å²) < 4.78 is 0. The Balaban J connectivity index is 0. The highest BCUT2D eigenvalue weighted by Gasteiger charge is 2.12. The molecule has 25 heavy (non-hydrogen) atoms.